The van der Waals surface area contributed by atoms with Gasteiger partial charge in [0.05, 0.1) is 0 Å². The minimum Gasteiger partial charge on any atom is -1.00 e. The van der Waals surface area contributed by atoms with Crippen molar-refractivity contribution < 1.29 is 12.4 Å². The van der Waals surface area contributed by atoms with Gasteiger partial charge in [0, 0.05) is 18.8 Å². The first kappa shape index (κ1) is 12.4. The Labute approximate surface area is 101 Å². The zero-order valence-corrected chi connectivity index (χ0v) is 10.0. The molecule has 0 unspecified atom stereocenters. The number of nitrogens with one attached hydrogen (secondary N) is 1. The third-order valence-electron chi connectivity index (χ3n) is 2.08. The lowest BCUT2D eigenvalue weighted by Gasteiger charge is -2.13. The zero-order valence-electron chi connectivity index (χ0n) is 8.45. The summed E-state index contributed by atoms with van der Waals surface area (Å²) in [5, 5.41) is 4.40. The van der Waals surface area contributed by atoms with E-state index in [1.54, 1.807) is 11.8 Å². The first-order valence-corrected chi connectivity index (χ1v) is 5.89. The summed E-state index contributed by atoms with van der Waals surface area (Å²) in [6.07, 6.45) is 1.16. The normalized spacial score (nSPS) is 14.8. The van der Waals surface area contributed by atoms with Crippen LogP contribution in [0.2, 0.25) is 0 Å². The van der Waals surface area contributed by atoms with Gasteiger partial charge in [-0.15, -0.1) is 0 Å². The molecule has 82 valence electrons. The van der Waals surface area contributed by atoms with E-state index >= 15 is 0 Å². The van der Waals surface area contributed by atoms with Gasteiger partial charge < -0.3 is 17.7 Å². The number of rotatable bonds is 2. The predicted octanol–water partition coefficient (Wildman–Crippen LogP) is -0.727. The van der Waals surface area contributed by atoms with Crippen LogP contribution in [0.15, 0.2) is 35.3 Å². The monoisotopic (exact) mass is 241 g/mol. The van der Waals surface area contributed by atoms with E-state index in [4.69, 9.17) is 0 Å². The molecule has 0 spiro atoms. The van der Waals surface area contributed by atoms with Gasteiger partial charge >= 0.3 is 0 Å². The Morgan fingerprint density at radius 3 is 2.73 bits per heavy atom. The molecular weight excluding hydrogens is 228 g/mol. The summed E-state index contributed by atoms with van der Waals surface area (Å²) in [4.78, 5) is 4.41. The fourth-order valence-electron chi connectivity index (χ4n) is 1.33. The van der Waals surface area contributed by atoms with Crippen LogP contribution in [0.3, 0.4) is 0 Å². The van der Waals surface area contributed by atoms with Crippen molar-refractivity contribution in [1.29, 1.82) is 0 Å². The molecule has 0 saturated heterocycles. The smallest absolute Gasteiger partial charge is 0.156 e. The summed E-state index contributed by atoms with van der Waals surface area (Å²) in [7, 11) is 0. The van der Waals surface area contributed by atoms with Gasteiger partial charge in [0.25, 0.3) is 0 Å². The van der Waals surface area contributed by atoms with Crippen molar-refractivity contribution in [3.63, 3.8) is 0 Å². The van der Waals surface area contributed by atoms with Crippen LogP contribution in [0, 0.1) is 0 Å². The highest BCUT2D eigenvalue weighted by molar-refractivity contribution is 8.13. The van der Waals surface area contributed by atoms with Gasteiger partial charge in [-0.25, -0.2) is 0 Å². The average molecular weight is 242 g/mol. The van der Waals surface area contributed by atoms with Crippen LogP contribution in [0.25, 0.3) is 0 Å². The summed E-state index contributed by atoms with van der Waals surface area (Å²) in [6.45, 7) is 2.05. The van der Waals surface area contributed by atoms with Gasteiger partial charge in [-0.3, -0.25) is 4.99 Å². The number of halogens is 1. The zero-order chi connectivity index (χ0) is 9.64. The maximum Gasteiger partial charge on any atom is 0.156 e. The molecule has 1 aliphatic heterocycles. The Balaban J connectivity index is 0.00000112. The topological polar surface area (TPSA) is 24.4 Å². The summed E-state index contributed by atoms with van der Waals surface area (Å²) >= 11 is 1.79. The number of nitrogens with zero attached hydrogens (tertiary/aromatic N) is 1. The minimum atomic E-state index is 0. The molecule has 1 aromatic carbocycles. The largest absolute Gasteiger partial charge is 1.00 e. The number of hydrogen-bond acceptors (Lipinski definition) is 3. The number of aliphatic imine (C=N–C) groups is 1. The Morgan fingerprint density at radius 1 is 1.27 bits per heavy atom. The third kappa shape index (κ3) is 4.14. The van der Waals surface area contributed by atoms with Crippen molar-refractivity contribution in [2.24, 2.45) is 4.99 Å². The lowest BCUT2D eigenvalue weighted by atomic mass is 10.2. The Bertz CT molecular complexity index is 314. The second-order valence-corrected chi connectivity index (χ2v) is 4.21. The Kier molecular flexibility index (Phi) is 5.58. The average Bonchev–Trinajstić information content (AvgIpc) is 2.29. The lowest BCUT2D eigenvalue weighted by molar-refractivity contribution is -0.00000287. The molecule has 0 fully saturated rings. The molecule has 0 atom stereocenters. The molecule has 1 aromatic rings. The minimum absolute atomic E-state index is 0. The Morgan fingerprint density at radius 2 is 2.07 bits per heavy atom. The standard InChI is InChI=1S/C11H14N2S.ClH/c1-2-5-10(6-3-1)9-14-11-12-7-4-8-13-11;/h1-3,5-6H,4,7-9H2,(H,12,13);1H/p-1. The van der Waals surface area contributed by atoms with Crippen LogP contribution in [0.5, 0.6) is 0 Å². The fraction of sp³-hybridized carbons (Fsp3) is 0.364. The van der Waals surface area contributed by atoms with E-state index < -0.39 is 0 Å². The van der Waals surface area contributed by atoms with Crippen molar-refractivity contribution in [2.75, 3.05) is 13.1 Å². The van der Waals surface area contributed by atoms with E-state index in [1.807, 2.05) is 6.07 Å². The number of benzene rings is 1. The first-order chi connectivity index (χ1) is 6.95. The molecule has 0 radical (unpaired) electrons. The summed E-state index contributed by atoms with van der Waals surface area (Å²) < 4.78 is 0. The molecule has 2 nitrogen and oxygen atoms in total. The number of amidine groups is 1. The molecule has 0 bridgehead atoms. The Hall–Kier alpha value is -0.670. The van der Waals surface area contributed by atoms with Crippen LogP contribution < -0.4 is 17.7 Å². The van der Waals surface area contributed by atoms with E-state index in [0.717, 1.165) is 30.4 Å². The molecule has 1 heterocycles. The van der Waals surface area contributed by atoms with Crippen LogP contribution in [-0.2, 0) is 5.75 Å². The number of thioether (sulfide) groups is 1. The van der Waals surface area contributed by atoms with Crippen LogP contribution in [0.4, 0.5) is 0 Å². The van der Waals surface area contributed by atoms with Gasteiger partial charge in [0.2, 0.25) is 0 Å². The van der Waals surface area contributed by atoms with Crippen LogP contribution >= 0.6 is 11.8 Å². The van der Waals surface area contributed by atoms with E-state index in [1.165, 1.54) is 5.56 Å². The first-order valence-electron chi connectivity index (χ1n) is 4.90. The summed E-state index contributed by atoms with van der Waals surface area (Å²) in [5.74, 6) is 1.01. The molecule has 15 heavy (non-hydrogen) atoms. The third-order valence-corrected chi connectivity index (χ3v) is 3.11. The van der Waals surface area contributed by atoms with E-state index in [-0.39, 0.29) is 12.4 Å². The van der Waals surface area contributed by atoms with E-state index in [2.05, 4.69) is 34.6 Å². The van der Waals surface area contributed by atoms with Gasteiger partial charge in [0.15, 0.2) is 5.17 Å². The molecule has 0 saturated carbocycles. The molecular formula is C11H14ClN2S-. The maximum absolute atomic E-state index is 4.41. The van der Waals surface area contributed by atoms with Crippen molar-refractivity contribution in [3.8, 4) is 0 Å². The lowest BCUT2D eigenvalue weighted by Crippen LogP contribution is -3.00. The molecule has 0 amide bonds. The van der Waals surface area contributed by atoms with Crippen molar-refractivity contribution in [2.45, 2.75) is 12.2 Å². The molecule has 4 heteroatoms. The van der Waals surface area contributed by atoms with E-state index in [9.17, 15) is 0 Å². The maximum atomic E-state index is 4.41. The molecule has 2 rings (SSSR count). The molecule has 0 aromatic heterocycles. The fourth-order valence-corrected chi connectivity index (χ4v) is 2.22. The van der Waals surface area contributed by atoms with E-state index in [0.29, 0.717) is 0 Å². The van der Waals surface area contributed by atoms with Crippen LogP contribution in [0.1, 0.15) is 12.0 Å². The second kappa shape index (κ2) is 6.75. The van der Waals surface area contributed by atoms with Crippen molar-refractivity contribution >= 4 is 16.9 Å². The SMILES string of the molecule is [Cl-].c1ccc(CSC2=NCCCN2)cc1. The molecule has 1 aliphatic rings. The highest BCUT2D eigenvalue weighted by Crippen LogP contribution is 2.13. The predicted molar refractivity (Wildman–Crippen MR) is 62.7 cm³/mol. The number of hydrogen-bond donors (Lipinski definition) is 1. The van der Waals surface area contributed by atoms with Gasteiger partial charge in [0.1, 0.15) is 0 Å². The van der Waals surface area contributed by atoms with Gasteiger partial charge in [-0.1, -0.05) is 42.1 Å². The molecule has 1 N–H and O–H groups in total. The van der Waals surface area contributed by atoms with Crippen LogP contribution in [-0.4, -0.2) is 18.3 Å². The second-order valence-electron chi connectivity index (χ2n) is 3.24. The highest BCUT2D eigenvalue weighted by atomic mass is 35.5. The quantitative estimate of drug-likeness (QED) is 0.739. The highest BCUT2D eigenvalue weighted by Gasteiger charge is 2.03. The van der Waals surface area contributed by atoms with Gasteiger partial charge in [-0.05, 0) is 12.0 Å². The molecule has 0 aliphatic carbocycles. The summed E-state index contributed by atoms with van der Waals surface area (Å²) in [5.41, 5.74) is 1.35. The van der Waals surface area contributed by atoms with Crippen molar-refractivity contribution in [1.82, 2.24) is 5.32 Å². The summed E-state index contributed by atoms with van der Waals surface area (Å²) in [6, 6.07) is 10.5. The van der Waals surface area contributed by atoms with Crippen molar-refractivity contribution in [3.05, 3.63) is 35.9 Å². The van der Waals surface area contributed by atoms with Gasteiger partial charge in [-0.2, -0.15) is 0 Å².